The third-order valence-electron chi connectivity index (χ3n) is 1.21. The van der Waals surface area contributed by atoms with Crippen molar-refractivity contribution in [1.29, 1.82) is 0 Å². The molecule has 0 aliphatic rings. The topological polar surface area (TPSA) is 47.6 Å². The lowest BCUT2D eigenvalue weighted by atomic mass is 10.4. The zero-order valence-corrected chi connectivity index (χ0v) is 7.76. The van der Waals surface area contributed by atoms with Gasteiger partial charge in [-0.3, -0.25) is 0 Å². The summed E-state index contributed by atoms with van der Waals surface area (Å²) in [6, 6.07) is 0. The molecule has 72 valence electrons. The van der Waals surface area contributed by atoms with Crippen LogP contribution in [0.1, 0.15) is 20.3 Å². The highest BCUT2D eigenvalue weighted by molar-refractivity contribution is 5.66. The Bertz CT molecular complexity index is 117. The molecule has 0 aromatic rings. The monoisotopic (exact) mass is 175 g/mol. The summed E-state index contributed by atoms with van der Waals surface area (Å²) in [5.74, 6) is 0. The fourth-order valence-corrected chi connectivity index (χ4v) is 0.691. The number of ether oxygens (including phenoxy) is 2. The Hall–Kier alpha value is -0.770. The molecule has 0 aliphatic heterocycles. The highest BCUT2D eigenvalue weighted by atomic mass is 16.5. The summed E-state index contributed by atoms with van der Waals surface area (Å²) in [4.78, 5) is 10.7. The van der Waals surface area contributed by atoms with Crippen molar-refractivity contribution in [1.82, 2.24) is 5.32 Å². The third kappa shape index (κ3) is 7.34. The molecule has 0 saturated heterocycles. The van der Waals surface area contributed by atoms with Crippen LogP contribution in [-0.2, 0) is 9.47 Å². The number of hydrogen-bond acceptors (Lipinski definition) is 3. The Kier molecular flexibility index (Phi) is 7.79. The van der Waals surface area contributed by atoms with E-state index >= 15 is 0 Å². The van der Waals surface area contributed by atoms with E-state index in [-0.39, 0.29) is 6.09 Å². The fourth-order valence-electron chi connectivity index (χ4n) is 0.691. The molecule has 0 aliphatic carbocycles. The predicted octanol–water partition coefficient (Wildman–Crippen LogP) is 1.16. The second-order valence-corrected chi connectivity index (χ2v) is 2.20. The minimum Gasteiger partial charge on any atom is -0.450 e. The Labute approximate surface area is 73.2 Å². The van der Waals surface area contributed by atoms with Crippen LogP contribution in [0.5, 0.6) is 0 Å². The normalized spacial score (nSPS) is 9.50. The summed E-state index contributed by atoms with van der Waals surface area (Å²) in [6.07, 6.45) is 0.473. The SMILES string of the molecule is CCOCCCNC(=O)OCC. The van der Waals surface area contributed by atoms with Crippen LogP contribution in [0.2, 0.25) is 0 Å². The van der Waals surface area contributed by atoms with Gasteiger partial charge < -0.3 is 14.8 Å². The van der Waals surface area contributed by atoms with E-state index in [2.05, 4.69) is 10.1 Å². The second kappa shape index (κ2) is 8.33. The van der Waals surface area contributed by atoms with Gasteiger partial charge in [-0.05, 0) is 20.3 Å². The van der Waals surface area contributed by atoms with Crippen molar-refractivity contribution in [2.75, 3.05) is 26.4 Å². The summed E-state index contributed by atoms with van der Waals surface area (Å²) in [5, 5.41) is 2.60. The lowest BCUT2D eigenvalue weighted by Gasteiger charge is -2.04. The first kappa shape index (κ1) is 11.2. The van der Waals surface area contributed by atoms with Crippen molar-refractivity contribution in [3.8, 4) is 0 Å². The maximum Gasteiger partial charge on any atom is 0.407 e. The summed E-state index contributed by atoms with van der Waals surface area (Å²) >= 11 is 0. The number of hydrogen-bond donors (Lipinski definition) is 1. The molecular formula is C8H17NO3. The van der Waals surface area contributed by atoms with Crippen LogP contribution in [0.4, 0.5) is 4.79 Å². The van der Waals surface area contributed by atoms with E-state index in [1.165, 1.54) is 0 Å². The van der Waals surface area contributed by atoms with Crippen LogP contribution in [0.3, 0.4) is 0 Å². The first-order valence-electron chi connectivity index (χ1n) is 4.29. The van der Waals surface area contributed by atoms with Gasteiger partial charge in [0, 0.05) is 19.8 Å². The number of carbonyl (C=O) groups excluding carboxylic acids is 1. The largest absolute Gasteiger partial charge is 0.450 e. The molecule has 0 spiro atoms. The van der Waals surface area contributed by atoms with Crippen LogP contribution in [0.15, 0.2) is 0 Å². The molecule has 0 saturated carbocycles. The molecule has 0 aromatic carbocycles. The van der Waals surface area contributed by atoms with Gasteiger partial charge in [-0.25, -0.2) is 4.79 Å². The van der Waals surface area contributed by atoms with E-state index < -0.39 is 0 Å². The standard InChI is InChI=1S/C8H17NO3/c1-3-11-7-5-6-9-8(10)12-4-2/h3-7H2,1-2H3,(H,9,10). The molecule has 4 nitrogen and oxygen atoms in total. The van der Waals surface area contributed by atoms with Gasteiger partial charge in [0.1, 0.15) is 0 Å². The van der Waals surface area contributed by atoms with E-state index in [1.807, 2.05) is 6.92 Å². The second-order valence-electron chi connectivity index (χ2n) is 2.20. The summed E-state index contributed by atoms with van der Waals surface area (Å²) in [6.45, 7) is 6.15. The lowest BCUT2D eigenvalue weighted by molar-refractivity contribution is 0.137. The Morgan fingerprint density at radius 2 is 2.08 bits per heavy atom. The minimum atomic E-state index is -0.353. The van der Waals surface area contributed by atoms with Gasteiger partial charge in [0.25, 0.3) is 0 Å². The van der Waals surface area contributed by atoms with Crippen LogP contribution in [0.25, 0.3) is 0 Å². The molecule has 1 N–H and O–H groups in total. The quantitative estimate of drug-likeness (QED) is 0.616. The molecule has 0 atom stereocenters. The molecule has 0 bridgehead atoms. The molecule has 0 aromatic heterocycles. The lowest BCUT2D eigenvalue weighted by Crippen LogP contribution is -2.25. The van der Waals surface area contributed by atoms with Crippen molar-refractivity contribution in [3.63, 3.8) is 0 Å². The van der Waals surface area contributed by atoms with Crippen molar-refractivity contribution in [3.05, 3.63) is 0 Å². The van der Waals surface area contributed by atoms with E-state index in [0.717, 1.165) is 13.0 Å². The van der Waals surface area contributed by atoms with E-state index in [4.69, 9.17) is 4.74 Å². The fraction of sp³-hybridized carbons (Fsp3) is 0.875. The summed E-state index contributed by atoms with van der Waals surface area (Å²) in [7, 11) is 0. The van der Waals surface area contributed by atoms with Crippen LogP contribution in [0, 0.1) is 0 Å². The molecule has 0 heterocycles. The minimum absolute atomic E-state index is 0.353. The summed E-state index contributed by atoms with van der Waals surface area (Å²) in [5.41, 5.74) is 0. The van der Waals surface area contributed by atoms with Crippen molar-refractivity contribution < 1.29 is 14.3 Å². The average molecular weight is 175 g/mol. The van der Waals surface area contributed by atoms with Crippen LogP contribution < -0.4 is 5.32 Å². The van der Waals surface area contributed by atoms with Crippen molar-refractivity contribution >= 4 is 6.09 Å². The molecular weight excluding hydrogens is 158 g/mol. The number of amides is 1. The highest BCUT2D eigenvalue weighted by Crippen LogP contribution is 1.81. The molecule has 12 heavy (non-hydrogen) atoms. The number of carbonyl (C=O) groups is 1. The van der Waals surface area contributed by atoms with Gasteiger partial charge in [0.15, 0.2) is 0 Å². The third-order valence-corrected chi connectivity index (χ3v) is 1.21. The molecule has 0 unspecified atom stereocenters. The van der Waals surface area contributed by atoms with Gasteiger partial charge in [-0.15, -0.1) is 0 Å². The van der Waals surface area contributed by atoms with Gasteiger partial charge in [0.2, 0.25) is 0 Å². The molecule has 0 fully saturated rings. The Morgan fingerprint density at radius 3 is 2.67 bits per heavy atom. The van der Waals surface area contributed by atoms with Gasteiger partial charge in [0.05, 0.1) is 6.61 Å². The number of rotatable bonds is 6. The number of alkyl carbamates (subject to hydrolysis) is 1. The first-order valence-corrected chi connectivity index (χ1v) is 4.29. The zero-order chi connectivity index (χ0) is 9.23. The maximum atomic E-state index is 10.7. The van der Waals surface area contributed by atoms with E-state index in [9.17, 15) is 4.79 Å². The molecule has 0 radical (unpaired) electrons. The smallest absolute Gasteiger partial charge is 0.407 e. The van der Waals surface area contributed by atoms with E-state index in [0.29, 0.717) is 19.8 Å². The van der Waals surface area contributed by atoms with Crippen molar-refractivity contribution in [2.45, 2.75) is 20.3 Å². The predicted molar refractivity (Wildman–Crippen MR) is 46.1 cm³/mol. The first-order chi connectivity index (χ1) is 5.81. The molecule has 0 rings (SSSR count). The van der Waals surface area contributed by atoms with Gasteiger partial charge in [-0.2, -0.15) is 0 Å². The Balaban J connectivity index is 3.03. The van der Waals surface area contributed by atoms with E-state index in [1.54, 1.807) is 6.92 Å². The Morgan fingerprint density at radius 1 is 1.33 bits per heavy atom. The summed E-state index contributed by atoms with van der Waals surface area (Å²) < 4.78 is 9.74. The van der Waals surface area contributed by atoms with Gasteiger partial charge >= 0.3 is 6.09 Å². The van der Waals surface area contributed by atoms with Crippen LogP contribution in [-0.4, -0.2) is 32.5 Å². The highest BCUT2D eigenvalue weighted by Gasteiger charge is 1.97. The molecule has 1 amide bonds. The average Bonchev–Trinajstić information content (AvgIpc) is 2.05. The van der Waals surface area contributed by atoms with Gasteiger partial charge in [-0.1, -0.05) is 0 Å². The molecule has 4 heteroatoms. The number of nitrogens with one attached hydrogen (secondary N) is 1. The zero-order valence-electron chi connectivity index (χ0n) is 7.76. The van der Waals surface area contributed by atoms with Crippen molar-refractivity contribution in [2.24, 2.45) is 0 Å². The maximum absolute atomic E-state index is 10.7. The van der Waals surface area contributed by atoms with Crippen LogP contribution >= 0.6 is 0 Å².